The van der Waals surface area contributed by atoms with E-state index in [4.69, 9.17) is 0 Å². The van der Waals surface area contributed by atoms with E-state index in [1.165, 1.54) is 10.7 Å². The second-order valence-corrected chi connectivity index (χ2v) is 7.40. The molecule has 154 valence electrons. The SMILES string of the molecule is Cc1cccc(C(=O)N2CCCN(C(=O)c3ccn(-c4ccccc4F)n3)CC2)c1. The van der Waals surface area contributed by atoms with E-state index in [1.54, 1.807) is 40.3 Å². The van der Waals surface area contributed by atoms with Crippen LogP contribution >= 0.6 is 0 Å². The van der Waals surface area contributed by atoms with Crippen LogP contribution in [0.15, 0.2) is 60.8 Å². The first kappa shape index (κ1) is 19.8. The molecular formula is C23H23FN4O2. The molecule has 1 aliphatic rings. The van der Waals surface area contributed by atoms with Gasteiger partial charge in [0.1, 0.15) is 11.5 Å². The Morgan fingerprint density at radius 1 is 0.900 bits per heavy atom. The number of hydrogen-bond donors (Lipinski definition) is 0. The van der Waals surface area contributed by atoms with Crippen molar-refractivity contribution in [3.8, 4) is 5.69 Å². The van der Waals surface area contributed by atoms with E-state index in [1.807, 2.05) is 31.2 Å². The molecule has 0 bridgehead atoms. The van der Waals surface area contributed by atoms with Crippen molar-refractivity contribution in [1.29, 1.82) is 0 Å². The quantitative estimate of drug-likeness (QED) is 0.671. The number of nitrogens with zero attached hydrogens (tertiary/aromatic N) is 4. The fourth-order valence-corrected chi connectivity index (χ4v) is 3.66. The molecule has 0 aliphatic carbocycles. The molecular weight excluding hydrogens is 383 g/mol. The van der Waals surface area contributed by atoms with Gasteiger partial charge in [-0.2, -0.15) is 5.10 Å². The number of carbonyl (C=O) groups is 2. The summed E-state index contributed by atoms with van der Waals surface area (Å²) in [6.07, 6.45) is 2.27. The number of aromatic nitrogens is 2. The maximum Gasteiger partial charge on any atom is 0.274 e. The van der Waals surface area contributed by atoms with Gasteiger partial charge in [0.2, 0.25) is 0 Å². The zero-order chi connectivity index (χ0) is 21.1. The molecule has 0 spiro atoms. The summed E-state index contributed by atoms with van der Waals surface area (Å²) in [5, 5.41) is 4.26. The summed E-state index contributed by atoms with van der Waals surface area (Å²) in [6, 6.07) is 15.4. The minimum absolute atomic E-state index is 0.0168. The molecule has 1 saturated heterocycles. The molecule has 1 fully saturated rings. The van der Waals surface area contributed by atoms with Gasteiger partial charge in [0.15, 0.2) is 5.69 Å². The lowest BCUT2D eigenvalue weighted by Crippen LogP contribution is -2.37. The average Bonchev–Trinajstić information content (AvgIpc) is 3.10. The van der Waals surface area contributed by atoms with E-state index in [0.29, 0.717) is 43.9 Å². The van der Waals surface area contributed by atoms with Gasteiger partial charge in [0, 0.05) is 37.9 Å². The van der Waals surface area contributed by atoms with Crippen LogP contribution < -0.4 is 0 Å². The van der Waals surface area contributed by atoms with Crippen molar-refractivity contribution in [2.45, 2.75) is 13.3 Å². The fraction of sp³-hybridized carbons (Fsp3) is 0.261. The summed E-state index contributed by atoms with van der Waals surface area (Å²) in [6.45, 7) is 4.00. The third-order valence-electron chi connectivity index (χ3n) is 5.24. The molecule has 0 atom stereocenters. The lowest BCUT2D eigenvalue weighted by molar-refractivity contribution is 0.0715. The van der Waals surface area contributed by atoms with Gasteiger partial charge in [-0.05, 0) is 43.7 Å². The summed E-state index contributed by atoms with van der Waals surface area (Å²) in [5.74, 6) is -0.633. The number of carbonyl (C=O) groups excluding carboxylic acids is 2. The zero-order valence-corrected chi connectivity index (χ0v) is 16.8. The number of rotatable bonds is 3. The molecule has 2 heterocycles. The summed E-state index contributed by atoms with van der Waals surface area (Å²) in [5.41, 5.74) is 2.26. The predicted molar refractivity (Wildman–Crippen MR) is 111 cm³/mol. The molecule has 0 N–H and O–H groups in total. The van der Waals surface area contributed by atoms with Crippen LogP contribution in [0.2, 0.25) is 0 Å². The molecule has 7 heteroatoms. The van der Waals surface area contributed by atoms with Gasteiger partial charge in [-0.1, -0.05) is 29.8 Å². The number of para-hydroxylation sites is 1. The van der Waals surface area contributed by atoms with Gasteiger partial charge in [-0.25, -0.2) is 9.07 Å². The molecule has 30 heavy (non-hydrogen) atoms. The van der Waals surface area contributed by atoms with E-state index in [0.717, 1.165) is 5.56 Å². The Morgan fingerprint density at radius 2 is 1.63 bits per heavy atom. The van der Waals surface area contributed by atoms with Crippen LogP contribution in [0, 0.1) is 12.7 Å². The largest absolute Gasteiger partial charge is 0.337 e. The molecule has 1 aliphatic heterocycles. The van der Waals surface area contributed by atoms with Crippen LogP contribution in [0.3, 0.4) is 0 Å². The van der Waals surface area contributed by atoms with Gasteiger partial charge in [-0.3, -0.25) is 9.59 Å². The summed E-state index contributed by atoms with van der Waals surface area (Å²) < 4.78 is 15.4. The molecule has 6 nitrogen and oxygen atoms in total. The van der Waals surface area contributed by atoms with Crippen LogP contribution in [0.4, 0.5) is 4.39 Å². The Bertz CT molecular complexity index is 1080. The first-order valence-electron chi connectivity index (χ1n) is 9.99. The highest BCUT2D eigenvalue weighted by molar-refractivity contribution is 5.95. The zero-order valence-electron chi connectivity index (χ0n) is 16.8. The Balaban J connectivity index is 1.44. The van der Waals surface area contributed by atoms with Crippen molar-refractivity contribution in [1.82, 2.24) is 19.6 Å². The molecule has 2 amide bonds. The van der Waals surface area contributed by atoms with E-state index in [9.17, 15) is 14.0 Å². The van der Waals surface area contributed by atoms with Crippen LogP contribution in [0.5, 0.6) is 0 Å². The van der Waals surface area contributed by atoms with Crippen molar-refractivity contribution in [2.24, 2.45) is 0 Å². The third kappa shape index (κ3) is 4.10. The topological polar surface area (TPSA) is 58.4 Å². The van der Waals surface area contributed by atoms with E-state index in [2.05, 4.69) is 5.10 Å². The average molecular weight is 406 g/mol. The summed E-state index contributed by atoms with van der Waals surface area (Å²) in [4.78, 5) is 29.2. The maximum atomic E-state index is 14.0. The lowest BCUT2D eigenvalue weighted by Gasteiger charge is -2.22. The third-order valence-corrected chi connectivity index (χ3v) is 5.24. The Morgan fingerprint density at radius 3 is 2.37 bits per heavy atom. The van der Waals surface area contributed by atoms with E-state index < -0.39 is 5.82 Å². The molecule has 0 saturated carbocycles. The highest BCUT2D eigenvalue weighted by atomic mass is 19.1. The number of halogens is 1. The number of amides is 2. The van der Waals surface area contributed by atoms with Crippen molar-refractivity contribution in [3.63, 3.8) is 0 Å². The standard InChI is InChI=1S/C23H23FN4O2/c1-17-6-4-7-18(16-17)22(29)26-11-5-12-27(15-14-26)23(30)20-10-13-28(25-20)21-9-3-2-8-19(21)24/h2-4,6-10,13,16H,5,11-12,14-15H2,1H3. The minimum atomic E-state index is -0.403. The van der Waals surface area contributed by atoms with E-state index in [-0.39, 0.29) is 17.5 Å². The smallest absolute Gasteiger partial charge is 0.274 e. The van der Waals surface area contributed by atoms with Crippen LogP contribution in [0.25, 0.3) is 5.69 Å². The molecule has 0 unspecified atom stereocenters. The molecule has 2 aromatic carbocycles. The van der Waals surface area contributed by atoms with Crippen molar-refractivity contribution in [3.05, 3.63) is 83.4 Å². The number of benzene rings is 2. The lowest BCUT2D eigenvalue weighted by atomic mass is 10.1. The fourth-order valence-electron chi connectivity index (χ4n) is 3.66. The van der Waals surface area contributed by atoms with Crippen molar-refractivity contribution in [2.75, 3.05) is 26.2 Å². The maximum absolute atomic E-state index is 14.0. The highest BCUT2D eigenvalue weighted by Gasteiger charge is 2.25. The van der Waals surface area contributed by atoms with Gasteiger partial charge < -0.3 is 9.80 Å². The first-order chi connectivity index (χ1) is 14.5. The molecule has 4 rings (SSSR count). The summed E-state index contributed by atoms with van der Waals surface area (Å²) >= 11 is 0. The predicted octanol–water partition coefficient (Wildman–Crippen LogP) is 3.31. The number of hydrogen-bond acceptors (Lipinski definition) is 3. The molecule has 3 aromatic rings. The highest BCUT2D eigenvalue weighted by Crippen LogP contribution is 2.15. The Hall–Kier alpha value is -3.48. The van der Waals surface area contributed by atoms with Gasteiger partial charge in [0.05, 0.1) is 0 Å². The normalized spacial score (nSPS) is 14.5. The first-order valence-corrected chi connectivity index (χ1v) is 9.99. The number of aryl methyl sites for hydroxylation is 1. The van der Waals surface area contributed by atoms with E-state index >= 15 is 0 Å². The summed E-state index contributed by atoms with van der Waals surface area (Å²) in [7, 11) is 0. The monoisotopic (exact) mass is 406 g/mol. The second-order valence-electron chi connectivity index (χ2n) is 7.40. The van der Waals surface area contributed by atoms with Crippen LogP contribution in [-0.4, -0.2) is 57.6 Å². The van der Waals surface area contributed by atoms with Crippen molar-refractivity contribution < 1.29 is 14.0 Å². The van der Waals surface area contributed by atoms with Gasteiger partial charge in [-0.15, -0.1) is 0 Å². The van der Waals surface area contributed by atoms with Gasteiger partial charge >= 0.3 is 0 Å². The minimum Gasteiger partial charge on any atom is -0.337 e. The Labute approximate surface area is 174 Å². The molecule has 1 aromatic heterocycles. The van der Waals surface area contributed by atoms with Crippen molar-refractivity contribution >= 4 is 11.8 Å². The van der Waals surface area contributed by atoms with Crippen LogP contribution in [-0.2, 0) is 0 Å². The second kappa shape index (κ2) is 8.49. The van der Waals surface area contributed by atoms with Crippen LogP contribution in [0.1, 0.15) is 32.8 Å². The molecule has 0 radical (unpaired) electrons. The Kier molecular flexibility index (Phi) is 5.61. The van der Waals surface area contributed by atoms with Gasteiger partial charge in [0.25, 0.3) is 11.8 Å².